The van der Waals surface area contributed by atoms with Crippen LogP contribution in [-0.4, -0.2) is 71.0 Å². The molecule has 0 atom stereocenters. The fraction of sp³-hybridized carbons (Fsp3) is 0.560. The minimum Gasteiger partial charge on any atom is -0.366 e. The van der Waals surface area contributed by atoms with Crippen LogP contribution in [-0.2, 0) is 21.9 Å². The molecule has 2 aromatic heterocycles. The van der Waals surface area contributed by atoms with Crippen molar-refractivity contribution in [3.05, 3.63) is 28.6 Å². The van der Waals surface area contributed by atoms with E-state index >= 15 is 0 Å². The number of alkyl halides is 2. The second-order valence-corrected chi connectivity index (χ2v) is 13.7. The molecule has 0 radical (unpaired) electrons. The number of halogens is 2. The fourth-order valence-corrected chi connectivity index (χ4v) is 7.56. The van der Waals surface area contributed by atoms with Crippen LogP contribution >= 0.6 is 11.3 Å². The van der Waals surface area contributed by atoms with Crippen molar-refractivity contribution in [2.24, 2.45) is 12.5 Å². The highest BCUT2D eigenvalue weighted by Crippen LogP contribution is 2.43. The second kappa shape index (κ2) is 9.42. The van der Waals surface area contributed by atoms with Gasteiger partial charge in [-0.15, -0.1) is 14.9 Å². The average Bonchev–Trinajstić information content (AvgIpc) is 3.35. The molecule has 1 aliphatic heterocycles. The van der Waals surface area contributed by atoms with E-state index < -0.39 is 27.1 Å². The Morgan fingerprint density at radius 2 is 1.85 bits per heavy atom. The standard InChI is InChI=1S/C25H28F2N8O3S2/c1-24(5-4-6-24)23(36)35-11-9-34(10-12-35)17-14-15(40(37,38)32-25(28-2)7-8-25)13-16-18(31-33(3)19(16)17)21-29-30-22(39-21)20(26)27/h13-14,20,32H,4-12H2,1,3H3. The first kappa shape index (κ1) is 27.0. The van der Waals surface area contributed by atoms with E-state index in [4.69, 9.17) is 6.57 Å². The molecule has 2 aliphatic carbocycles. The molecule has 1 saturated heterocycles. The summed E-state index contributed by atoms with van der Waals surface area (Å²) in [6, 6.07) is 3.01. The molecule has 0 unspecified atom stereocenters. The third-order valence-corrected chi connectivity index (χ3v) is 10.6. The Kier molecular flexibility index (Phi) is 6.35. The number of anilines is 1. The third-order valence-electron chi connectivity index (χ3n) is 8.18. The first-order valence-electron chi connectivity index (χ1n) is 13.0. The summed E-state index contributed by atoms with van der Waals surface area (Å²) < 4.78 is 57.6. The van der Waals surface area contributed by atoms with E-state index in [1.807, 2.05) is 16.7 Å². The van der Waals surface area contributed by atoms with E-state index in [1.54, 1.807) is 17.8 Å². The maximum Gasteiger partial charge on any atom is 0.299 e. The lowest BCUT2D eigenvalue weighted by atomic mass is 9.69. The number of hydrogen-bond acceptors (Lipinski definition) is 8. The number of carbonyl (C=O) groups excluding carboxylic acids is 1. The van der Waals surface area contributed by atoms with Gasteiger partial charge in [0.05, 0.1) is 28.9 Å². The van der Waals surface area contributed by atoms with Crippen molar-refractivity contribution in [1.82, 2.24) is 29.6 Å². The quantitative estimate of drug-likeness (QED) is 0.418. The normalized spacial score (nSPS) is 20.0. The lowest BCUT2D eigenvalue weighted by Crippen LogP contribution is -2.54. The van der Waals surface area contributed by atoms with Gasteiger partial charge in [0.25, 0.3) is 12.1 Å². The first-order chi connectivity index (χ1) is 19.0. The lowest BCUT2D eigenvalue weighted by Gasteiger charge is -2.44. The summed E-state index contributed by atoms with van der Waals surface area (Å²) in [7, 11) is -2.40. The summed E-state index contributed by atoms with van der Waals surface area (Å²) in [5.41, 5.74) is 0.0122. The van der Waals surface area contributed by atoms with Crippen molar-refractivity contribution >= 4 is 43.9 Å². The number of benzene rings is 1. The molecule has 0 bridgehead atoms. The van der Waals surface area contributed by atoms with E-state index in [0.717, 1.165) is 19.3 Å². The summed E-state index contributed by atoms with van der Waals surface area (Å²) in [5.74, 6) is 0.159. The molecule has 3 heterocycles. The van der Waals surface area contributed by atoms with Crippen molar-refractivity contribution < 1.29 is 22.0 Å². The maximum atomic E-state index is 13.5. The first-order valence-corrected chi connectivity index (χ1v) is 15.3. The van der Waals surface area contributed by atoms with Crippen LogP contribution in [0.25, 0.3) is 26.4 Å². The van der Waals surface area contributed by atoms with E-state index in [9.17, 15) is 22.0 Å². The van der Waals surface area contributed by atoms with Crippen molar-refractivity contribution in [2.45, 2.75) is 56.0 Å². The zero-order valence-corrected chi connectivity index (χ0v) is 23.7. The van der Waals surface area contributed by atoms with Crippen LogP contribution in [0.3, 0.4) is 0 Å². The van der Waals surface area contributed by atoms with E-state index in [2.05, 4.69) is 24.9 Å². The van der Waals surface area contributed by atoms with Crippen molar-refractivity contribution in [3.8, 4) is 10.7 Å². The van der Waals surface area contributed by atoms with Gasteiger partial charge < -0.3 is 9.80 Å². The Hall–Kier alpha value is -3.22. The van der Waals surface area contributed by atoms with Gasteiger partial charge in [-0.3, -0.25) is 14.3 Å². The van der Waals surface area contributed by atoms with Crippen LogP contribution < -0.4 is 9.62 Å². The maximum absolute atomic E-state index is 13.5. The van der Waals surface area contributed by atoms with Gasteiger partial charge in [-0.05, 0) is 25.0 Å². The number of amides is 1. The van der Waals surface area contributed by atoms with Crippen molar-refractivity contribution in [1.29, 1.82) is 0 Å². The summed E-state index contributed by atoms with van der Waals surface area (Å²) in [6.07, 6.45) is 0.907. The number of aryl methyl sites for hydroxylation is 1. The minimum atomic E-state index is -4.10. The van der Waals surface area contributed by atoms with Crippen LogP contribution in [0.15, 0.2) is 17.0 Å². The van der Waals surface area contributed by atoms with Gasteiger partial charge in [0.1, 0.15) is 5.69 Å². The molecule has 6 rings (SSSR count). The SMILES string of the molecule is [C-]#[N+]C1(NS(=O)(=O)c2cc(N3CCN(C(=O)C4(C)CCC4)CC3)c3c(c2)c(-c2nnc(C(F)F)s2)nn3C)CC1. The summed E-state index contributed by atoms with van der Waals surface area (Å²) in [4.78, 5) is 20.4. The molecule has 11 nitrogen and oxygen atoms in total. The smallest absolute Gasteiger partial charge is 0.299 e. The second-order valence-electron chi connectivity index (χ2n) is 11.0. The average molecular weight is 591 g/mol. The molecule has 212 valence electrons. The topological polar surface area (TPSA) is 118 Å². The number of carbonyl (C=O) groups is 1. The molecule has 3 aromatic rings. The summed E-state index contributed by atoms with van der Waals surface area (Å²) >= 11 is 0.703. The van der Waals surface area contributed by atoms with Gasteiger partial charge in [0, 0.05) is 44.0 Å². The number of rotatable bonds is 7. The molecule has 1 amide bonds. The van der Waals surface area contributed by atoms with E-state index in [1.165, 1.54) is 6.07 Å². The van der Waals surface area contributed by atoms with Gasteiger partial charge in [-0.2, -0.15) is 5.10 Å². The minimum absolute atomic E-state index is 0.0572. The van der Waals surface area contributed by atoms with Gasteiger partial charge in [0.2, 0.25) is 15.9 Å². The number of fused-ring (bicyclic) bond motifs is 1. The molecular weight excluding hydrogens is 562 g/mol. The Balaban J connectivity index is 1.41. The third kappa shape index (κ3) is 4.51. The highest BCUT2D eigenvalue weighted by atomic mass is 32.2. The lowest BCUT2D eigenvalue weighted by molar-refractivity contribution is -0.146. The van der Waals surface area contributed by atoms with Crippen LogP contribution in [0.4, 0.5) is 14.5 Å². The van der Waals surface area contributed by atoms with Crippen LogP contribution in [0.1, 0.15) is 50.5 Å². The number of piperazine rings is 1. The Morgan fingerprint density at radius 1 is 1.15 bits per heavy atom. The molecule has 1 N–H and O–H groups in total. The molecule has 0 spiro atoms. The van der Waals surface area contributed by atoms with Crippen LogP contribution in [0.5, 0.6) is 0 Å². The van der Waals surface area contributed by atoms with Crippen LogP contribution in [0.2, 0.25) is 0 Å². The van der Waals surface area contributed by atoms with Gasteiger partial charge in [-0.25, -0.2) is 23.8 Å². The number of nitrogens with one attached hydrogen (secondary N) is 1. The van der Waals surface area contributed by atoms with E-state index in [0.29, 0.717) is 66.9 Å². The number of aromatic nitrogens is 4. The largest absolute Gasteiger partial charge is 0.366 e. The monoisotopic (exact) mass is 590 g/mol. The van der Waals surface area contributed by atoms with Crippen LogP contribution in [0, 0.1) is 12.0 Å². The summed E-state index contributed by atoms with van der Waals surface area (Å²) in [6.45, 7) is 11.4. The molecule has 1 aromatic carbocycles. The molecular formula is C25H28F2N8O3S2. The summed E-state index contributed by atoms with van der Waals surface area (Å²) in [5, 5.41) is 12.1. The van der Waals surface area contributed by atoms with Crippen molar-refractivity contribution in [3.63, 3.8) is 0 Å². The Morgan fingerprint density at radius 3 is 2.40 bits per heavy atom. The fourth-order valence-electron chi connectivity index (χ4n) is 5.46. The molecule has 2 saturated carbocycles. The molecule has 3 fully saturated rings. The van der Waals surface area contributed by atoms with Gasteiger partial charge in [0.15, 0.2) is 10.0 Å². The van der Waals surface area contributed by atoms with E-state index in [-0.39, 0.29) is 26.9 Å². The van der Waals surface area contributed by atoms with Gasteiger partial charge in [-0.1, -0.05) is 24.7 Å². The molecule has 40 heavy (non-hydrogen) atoms. The highest BCUT2D eigenvalue weighted by Gasteiger charge is 2.54. The highest BCUT2D eigenvalue weighted by molar-refractivity contribution is 7.89. The Labute approximate surface area is 234 Å². The zero-order valence-electron chi connectivity index (χ0n) is 22.0. The zero-order chi connectivity index (χ0) is 28.4. The number of hydrogen-bond donors (Lipinski definition) is 1. The predicted octanol–water partition coefficient (Wildman–Crippen LogP) is 3.56. The Bertz CT molecular complexity index is 1650. The van der Waals surface area contributed by atoms with Crippen molar-refractivity contribution in [2.75, 3.05) is 31.1 Å². The molecule has 3 aliphatic rings. The number of sulfonamides is 1. The molecule has 15 heteroatoms. The van der Waals surface area contributed by atoms with Gasteiger partial charge >= 0.3 is 0 Å². The predicted molar refractivity (Wildman–Crippen MR) is 144 cm³/mol. The number of nitrogens with zero attached hydrogens (tertiary/aromatic N) is 7.